The van der Waals surface area contributed by atoms with E-state index in [4.69, 9.17) is 1.37 Å². The summed E-state index contributed by atoms with van der Waals surface area (Å²) in [4.78, 5) is 38.5. The van der Waals surface area contributed by atoms with Gasteiger partial charge in [-0.05, 0) is 39.3 Å². The Bertz CT molecular complexity index is 746. The number of imide groups is 1. The van der Waals surface area contributed by atoms with Gasteiger partial charge in [0.25, 0.3) is 11.8 Å². The molecular formula is C23H32N2O3W. The van der Waals surface area contributed by atoms with Crippen LogP contribution in [-0.2, 0) is 41.9 Å². The van der Waals surface area contributed by atoms with Crippen molar-refractivity contribution >= 4 is 17.6 Å². The summed E-state index contributed by atoms with van der Waals surface area (Å²) in [5.74, 6) is -1.17. The second-order valence-corrected chi connectivity index (χ2v) is 7.26. The van der Waals surface area contributed by atoms with Gasteiger partial charge in [0.2, 0.25) is 0 Å². The van der Waals surface area contributed by atoms with Gasteiger partial charge in [0, 0.05) is 25.9 Å². The van der Waals surface area contributed by atoms with Crippen LogP contribution in [0.2, 0.25) is 0 Å². The molecule has 1 heterocycles. The van der Waals surface area contributed by atoms with E-state index in [0.717, 1.165) is 23.3 Å². The van der Waals surface area contributed by atoms with Crippen molar-refractivity contribution in [1.29, 1.82) is 0 Å². The second kappa shape index (κ2) is 11.4. The molecule has 0 radical (unpaired) electrons. The number of nitrogens with zero attached hydrogens (tertiary/aromatic N) is 2. The van der Waals surface area contributed by atoms with Crippen molar-refractivity contribution in [2.45, 2.75) is 39.1 Å². The molecule has 1 saturated carbocycles. The fraction of sp³-hybridized carbons (Fsp3) is 0.435. The van der Waals surface area contributed by atoms with Crippen molar-refractivity contribution in [3.05, 3.63) is 61.4 Å². The summed E-state index contributed by atoms with van der Waals surface area (Å²) in [6, 6.07) is 8.00. The quantitative estimate of drug-likeness (QED) is 0.404. The Morgan fingerprint density at radius 2 is 1.79 bits per heavy atom. The standard InChI is InChI=1S/C13H17N2O3.C9H11.CH4.W/c1-9(16)13(7-6-10(13)8-14(2)3)15-11(17)4-5-12(15)18;1-3-9-6-4-8(2)5-7-9;;/h4-5,10H,1,6-8H2,2-3H3;4-7H,2-3H2,1H3;1H4;/q2*-1;;+2/i;1D;;. The molecule has 1 aromatic rings. The van der Waals surface area contributed by atoms with E-state index < -0.39 is 17.4 Å². The molecule has 3 rings (SSSR count). The van der Waals surface area contributed by atoms with Crippen molar-refractivity contribution < 1.29 is 36.8 Å². The number of carbonyl (C=O) groups is 3. The maximum atomic E-state index is 11.9. The van der Waals surface area contributed by atoms with E-state index >= 15 is 0 Å². The number of ketones is 1. The molecular weight excluding hydrogens is 536 g/mol. The van der Waals surface area contributed by atoms with E-state index in [0.29, 0.717) is 19.9 Å². The molecule has 5 nitrogen and oxygen atoms in total. The Morgan fingerprint density at radius 3 is 2.17 bits per heavy atom. The molecule has 0 N–H and O–H groups in total. The second-order valence-electron chi connectivity index (χ2n) is 7.26. The van der Waals surface area contributed by atoms with Gasteiger partial charge < -0.3 is 16.6 Å². The van der Waals surface area contributed by atoms with Gasteiger partial charge >= 0.3 is 21.1 Å². The van der Waals surface area contributed by atoms with Crippen LogP contribution in [0, 0.1) is 19.8 Å². The van der Waals surface area contributed by atoms with Crippen LogP contribution >= 0.6 is 0 Å². The predicted molar refractivity (Wildman–Crippen MR) is 112 cm³/mol. The maximum absolute atomic E-state index is 11.9. The number of Topliss-reactive ketones (excluding diaryl/α,β-unsaturated/α-hetero) is 1. The van der Waals surface area contributed by atoms with Gasteiger partial charge in [0.1, 0.15) is 0 Å². The van der Waals surface area contributed by atoms with Gasteiger partial charge in [-0.25, -0.2) is 0 Å². The number of aryl methyl sites for hydroxylation is 1. The predicted octanol–water partition coefficient (Wildman–Crippen LogP) is 3.09. The molecule has 1 aliphatic carbocycles. The average molecular weight is 569 g/mol. The van der Waals surface area contributed by atoms with E-state index in [1.54, 1.807) is 0 Å². The Labute approximate surface area is 191 Å². The molecule has 0 spiro atoms. The third-order valence-electron chi connectivity index (χ3n) is 5.14. The zero-order valence-electron chi connectivity index (χ0n) is 17.5. The largest absolute Gasteiger partial charge is 2.00 e. The van der Waals surface area contributed by atoms with Crippen LogP contribution in [-0.4, -0.2) is 53.6 Å². The number of hydrogen-bond acceptors (Lipinski definition) is 4. The minimum atomic E-state index is -1.03. The van der Waals surface area contributed by atoms with Crippen molar-refractivity contribution in [2.75, 3.05) is 20.6 Å². The third kappa shape index (κ3) is 5.83. The van der Waals surface area contributed by atoms with Crippen LogP contribution < -0.4 is 0 Å². The summed E-state index contributed by atoms with van der Waals surface area (Å²) in [7, 11) is 3.81. The van der Waals surface area contributed by atoms with Crippen molar-refractivity contribution in [1.82, 2.24) is 9.80 Å². The zero-order chi connectivity index (χ0) is 20.9. The number of amides is 2. The summed E-state index contributed by atoms with van der Waals surface area (Å²) >= 11 is 0. The van der Waals surface area contributed by atoms with E-state index in [2.05, 4.69) is 13.8 Å². The molecule has 0 bridgehead atoms. The van der Waals surface area contributed by atoms with Crippen molar-refractivity contribution in [3.8, 4) is 0 Å². The Balaban J connectivity index is 0.000000604. The number of carbonyl (C=O) groups excluding carboxylic acids is 3. The van der Waals surface area contributed by atoms with Gasteiger partial charge in [0.05, 0.1) is 5.54 Å². The van der Waals surface area contributed by atoms with Gasteiger partial charge in [-0.2, -0.15) is 24.6 Å². The van der Waals surface area contributed by atoms with Crippen LogP contribution in [0.1, 0.15) is 39.7 Å². The first kappa shape index (κ1) is 25.2. The monoisotopic (exact) mass is 569 g/mol. The topological polar surface area (TPSA) is 57.7 Å². The summed E-state index contributed by atoms with van der Waals surface area (Å²) in [5, 5.41) is 0. The molecule has 158 valence electrons. The molecule has 0 saturated heterocycles. The summed E-state index contributed by atoms with van der Waals surface area (Å²) in [6.45, 7) is 8.38. The Hall–Kier alpha value is -1.84. The molecule has 2 unspecified atom stereocenters. The average Bonchev–Trinajstić information content (AvgIpc) is 2.95. The first-order valence-corrected chi connectivity index (χ1v) is 9.00. The van der Waals surface area contributed by atoms with Crippen LogP contribution in [0.3, 0.4) is 0 Å². The Morgan fingerprint density at radius 1 is 1.24 bits per heavy atom. The molecule has 1 fully saturated rings. The Kier molecular flexibility index (Phi) is 9.88. The minimum absolute atomic E-state index is 0. The molecule has 6 heteroatoms. The summed E-state index contributed by atoms with van der Waals surface area (Å²) in [5.41, 5.74) is 1.23. The van der Waals surface area contributed by atoms with E-state index in [1.807, 2.05) is 43.3 Å². The molecule has 1 aromatic carbocycles. The first-order valence-electron chi connectivity index (χ1n) is 9.70. The maximum Gasteiger partial charge on any atom is 2.00 e. The summed E-state index contributed by atoms with van der Waals surface area (Å²) < 4.78 is 6.98. The van der Waals surface area contributed by atoms with Gasteiger partial charge in [-0.1, -0.05) is 19.9 Å². The van der Waals surface area contributed by atoms with E-state index in [-0.39, 0.29) is 40.2 Å². The number of hydrogen-bond donors (Lipinski definition) is 0. The smallest absolute Gasteiger partial charge is 0.337 e. The first-order chi connectivity index (χ1) is 13.2. The number of benzene rings is 1. The van der Waals surface area contributed by atoms with Crippen LogP contribution in [0.5, 0.6) is 0 Å². The fourth-order valence-corrected chi connectivity index (χ4v) is 3.59. The van der Waals surface area contributed by atoms with Crippen molar-refractivity contribution in [2.24, 2.45) is 5.92 Å². The van der Waals surface area contributed by atoms with E-state index in [1.165, 1.54) is 17.7 Å². The molecule has 29 heavy (non-hydrogen) atoms. The molecule has 0 aromatic heterocycles. The molecule has 2 atom stereocenters. The van der Waals surface area contributed by atoms with E-state index in [9.17, 15) is 14.4 Å². The molecule has 2 amide bonds. The normalized spacial score (nSPS) is 22.7. The van der Waals surface area contributed by atoms with Crippen LogP contribution in [0.4, 0.5) is 0 Å². The van der Waals surface area contributed by atoms with Gasteiger partial charge in [-0.15, -0.1) is 12.1 Å². The van der Waals surface area contributed by atoms with Crippen LogP contribution in [0.25, 0.3) is 0 Å². The zero-order valence-corrected chi connectivity index (χ0v) is 19.5. The van der Waals surface area contributed by atoms with Crippen molar-refractivity contribution in [3.63, 3.8) is 0 Å². The molecule has 1 aliphatic heterocycles. The number of rotatable bonds is 5. The SMILES string of the molecule is C.[2H]CCc1ccc([CH2-])cc1.[CH2-]C(=O)C1(N2C(=O)C=CC2=O)CCC1CN(C)C.[W+2]. The van der Waals surface area contributed by atoms with Gasteiger partial charge in [-0.3, -0.25) is 14.5 Å². The van der Waals surface area contributed by atoms with Crippen LogP contribution in [0.15, 0.2) is 36.4 Å². The fourth-order valence-electron chi connectivity index (χ4n) is 3.59. The van der Waals surface area contributed by atoms with Gasteiger partial charge in [0.15, 0.2) is 0 Å². The third-order valence-corrected chi connectivity index (χ3v) is 5.14. The molecule has 2 aliphatic rings. The summed E-state index contributed by atoms with van der Waals surface area (Å²) in [6.07, 6.45) is 4.64. The minimum Gasteiger partial charge on any atom is -0.337 e.